The molecule has 3 aromatic rings. The number of aromatic nitrogens is 1. The van der Waals surface area contributed by atoms with Gasteiger partial charge in [0, 0.05) is 28.6 Å². The quantitative estimate of drug-likeness (QED) is 0.481. The highest BCUT2D eigenvalue weighted by Gasteiger charge is 2.17. The molecule has 1 fully saturated rings. The van der Waals surface area contributed by atoms with Crippen molar-refractivity contribution in [3.05, 3.63) is 70.3 Å². The van der Waals surface area contributed by atoms with Gasteiger partial charge in [-0.2, -0.15) is 0 Å². The molecule has 0 radical (unpaired) electrons. The van der Waals surface area contributed by atoms with Crippen LogP contribution in [0.4, 0.5) is 0 Å². The van der Waals surface area contributed by atoms with Gasteiger partial charge in [0.1, 0.15) is 0 Å². The van der Waals surface area contributed by atoms with E-state index in [0.717, 1.165) is 16.8 Å². The average molecular weight is 382 g/mol. The van der Waals surface area contributed by atoms with Crippen molar-refractivity contribution in [3.8, 4) is 0 Å². The molecular formula is C22H24BrN. The monoisotopic (exact) mass is 381 g/mol. The van der Waals surface area contributed by atoms with Crippen LogP contribution in [-0.4, -0.2) is 4.57 Å². The summed E-state index contributed by atoms with van der Waals surface area (Å²) in [5, 5.41) is 1.38. The fourth-order valence-electron chi connectivity index (χ4n) is 4.07. The van der Waals surface area contributed by atoms with Crippen LogP contribution < -0.4 is 0 Å². The second-order valence-corrected chi connectivity index (χ2v) is 8.03. The van der Waals surface area contributed by atoms with E-state index in [1.807, 2.05) is 0 Å². The van der Waals surface area contributed by atoms with Gasteiger partial charge in [-0.3, -0.25) is 0 Å². The standard InChI is InChI=1S/C22H24BrN/c23-20-12-10-17(11-13-20)14-21-15-19-8-4-5-9-22(19)24(21)16-18-6-2-1-3-7-18/h4-5,8-13,15,18H,1-3,6-7,14,16H2. The van der Waals surface area contributed by atoms with Crippen LogP contribution in [0.5, 0.6) is 0 Å². The van der Waals surface area contributed by atoms with Crippen LogP contribution in [0.15, 0.2) is 59.1 Å². The van der Waals surface area contributed by atoms with E-state index in [-0.39, 0.29) is 0 Å². The van der Waals surface area contributed by atoms with Gasteiger partial charge in [0.15, 0.2) is 0 Å². The van der Waals surface area contributed by atoms with Gasteiger partial charge >= 0.3 is 0 Å². The third kappa shape index (κ3) is 3.44. The summed E-state index contributed by atoms with van der Waals surface area (Å²) in [4.78, 5) is 0. The maximum absolute atomic E-state index is 3.53. The van der Waals surface area contributed by atoms with E-state index < -0.39 is 0 Å². The van der Waals surface area contributed by atoms with Crippen molar-refractivity contribution in [2.24, 2.45) is 5.92 Å². The molecule has 2 heteroatoms. The Bertz CT molecular complexity index is 810. The molecule has 1 nitrogen and oxygen atoms in total. The van der Waals surface area contributed by atoms with Gasteiger partial charge < -0.3 is 4.57 Å². The number of halogens is 1. The van der Waals surface area contributed by atoms with Gasteiger partial charge in [0.25, 0.3) is 0 Å². The van der Waals surface area contributed by atoms with E-state index in [2.05, 4.69) is 75.1 Å². The summed E-state index contributed by atoms with van der Waals surface area (Å²) in [7, 11) is 0. The summed E-state index contributed by atoms with van der Waals surface area (Å²) in [6, 6.07) is 20.0. The zero-order valence-electron chi connectivity index (χ0n) is 14.0. The van der Waals surface area contributed by atoms with E-state index in [9.17, 15) is 0 Å². The van der Waals surface area contributed by atoms with Crippen molar-refractivity contribution in [2.75, 3.05) is 0 Å². The van der Waals surface area contributed by atoms with Crippen molar-refractivity contribution in [1.29, 1.82) is 0 Å². The minimum atomic E-state index is 0.846. The molecule has 4 rings (SSSR count). The number of nitrogens with zero attached hydrogens (tertiary/aromatic N) is 1. The fraction of sp³-hybridized carbons (Fsp3) is 0.364. The Morgan fingerprint density at radius 1 is 0.917 bits per heavy atom. The maximum Gasteiger partial charge on any atom is 0.0482 e. The predicted octanol–water partition coefficient (Wildman–Crippen LogP) is 6.57. The van der Waals surface area contributed by atoms with Crippen molar-refractivity contribution >= 4 is 26.8 Å². The summed E-state index contributed by atoms with van der Waals surface area (Å²) < 4.78 is 3.74. The normalized spacial score (nSPS) is 15.9. The Balaban J connectivity index is 1.67. The molecule has 1 aliphatic rings. The lowest BCUT2D eigenvalue weighted by atomic mass is 9.89. The second kappa shape index (κ2) is 7.14. The Morgan fingerprint density at radius 2 is 1.67 bits per heavy atom. The molecule has 1 saturated carbocycles. The van der Waals surface area contributed by atoms with E-state index in [0.29, 0.717) is 0 Å². The van der Waals surface area contributed by atoms with Gasteiger partial charge in [0.05, 0.1) is 0 Å². The van der Waals surface area contributed by atoms with Crippen LogP contribution in [0.25, 0.3) is 10.9 Å². The molecule has 0 saturated heterocycles. The molecule has 0 unspecified atom stereocenters. The summed E-state index contributed by atoms with van der Waals surface area (Å²) in [6.45, 7) is 1.18. The first kappa shape index (κ1) is 16.0. The zero-order chi connectivity index (χ0) is 16.4. The Kier molecular flexibility index (Phi) is 4.75. The van der Waals surface area contributed by atoms with Crippen LogP contribution in [0.3, 0.4) is 0 Å². The Hall–Kier alpha value is -1.54. The van der Waals surface area contributed by atoms with Crippen LogP contribution in [-0.2, 0) is 13.0 Å². The first-order valence-electron chi connectivity index (χ1n) is 9.11. The van der Waals surface area contributed by atoms with Gasteiger partial charge in [-0.05, 0) is 54.0 Å². The molecule has 0 aliphatic heterocycles. The Labute approximate surface area is 152 Å². The summed E-state index contributed by atoms with van der Waals surface area (Å²) in [5.74, 6) is 0.846. The largest absolute Gasteiger partial charge is 0.344 e. The molecule has 0 N–H and O–H groups in total. The predicted molar refractivity (Wildman–Crippen MR) is 105 cm³/mol. The summed E-state index contributed by atoms with van der Waals surface area (Å²) in [5.41, 5.74) is 4.23. The molecule has 1 aliphatic carbocycles. The molecule has 2 aromatic carbocycles. The van der Waals surface area contributed by atoms with Crippen molar-refractivity contribution < 1.29 is 0 Å². The van der Waals surface area contributed by atoms with E-state index in [1.54, 1.807) is 0 Å². The first-order valence-corrected chi connectivity index (χ1v) is 9.90. The lowest BCUT2D eigenvalue weighted by molar-refractivity contribution is 0.320. The van der Waals surface area contributed by atoms with Crippen LogP contribution >= 0.6 is 15.9 Å². The molecule has 1 heterocycles. The number of fused-ring (bicyclic) bond motifs is 1. The highest BCUT2D eigenvalue weighted by Crippen LogP contribution is 2.29. The second-order valence-electron chi connectivity index (χ2n) is 7.11. The molecule has 0 spiro atoms. The first-order chi connectivity index (χ1) is 11.8. The summed E-state index contributed by atoms with van der Waals surface area (Å²) >= 11 is 3.53. The highest BCUT2D eigenvalue weighted by atomic mass is 79.9. The minimum absolute atomic E-state index is 0.846. The number of hydrogen-bond acceptors (Lipinski definition) is 0. The van der Waals surface area contributed by atoms with Crippen molar-refractivity contribution in [3.63, 3.8) is 0 Å². The molecule has 24 heavy (non-hydrogen) atoms. The third-order valence-corrected chi connectivity index (χ3v) is 5.89. The third-order valence-electron chi connectivity index (χ3n) is 5.36. The van der Waals surface area contributed by atoms with Crippen molar-refractivity contribution in [1.82, 2.24) is 4.57 Å². The average Bonchev–Trinajstić information content (AvgIpc) is 2.95. The SMILES string of the molecule is Brc1ccc(Cc2cc3ccccc3n2CC2CCCCC2)cc1. The van der Waals surface area contributed by atoms with E-state index in [1.165, 1.54) is 60.8 Å². The molecule has 124 valence electrons. The van der Waals surface area contributed by atoms with E-state index >= 15 is 0 Å². The van der Waals surface area contributed by atoms with Crippen LogP contribution in [0.1, 0.15) is 43.4 Å². The lowest BCUT2D eigenvalue weighted by Crippen LogP contribution is -2.15. The van der Waals surface area contributed by atoms with Crippen molar-refractivity contribution in [2.45, 2.75) is 45.1 Å². The topological polar surface area (TPSA) is 4.93 Å². The maximum atomic E-state index is 3.53. The number of benzene rings is 2. The number of para-hydroxylation sites is 1. The van der Waals surface area contributed by atoms with E-state index in [4.69, 9.17) is 0 Å². The number of rotatable bonds is 4. The molecule has 0 atom stereocenters. The molecule has 0 bridgehead atoms. The smallest absolute Gasteiger partial charge is 0.0482 e. The zero-order valence-corrected chi connectivity index (χ0v) is 15.6. The van der Waals surface area contributed by atoms with Crippen LogP contribution in [0, 0.1) is 5.92 Å². The van der Waals surface area contributed by atoms with Gasteiger partial charge in [-0.25, -0.2) is 0 Å². The Morgan fingerprint density at radius 3 is 2.46 bits per heavy atom. The fourth-order valence-corrected chi connectivity index (χ4v) is 4.33. The van der Waals surface area contributed by atoms with Crippen LogP contribution in [0.2, 0.25) is 0 Å². The molecule has 0 amide bonds. The van der Waals surface area contributed by atoms with Gasteiger partial charge in [-0.15, -0.1) is 0 Å². The van der Waals surface area contributed by atoms with Gasteiger partial charge in [0.2, 0.25) is 0 Å². The number of hydrogen-bond donors (Lipinski definition) is 0. The highest BCUT2D eigenvalue weighted by molar-refractivity contribution is 9.10. The minimum Gasteiger partial charge on any atom is -0.344 e. The molecule has 1 aromatic heterocycles. The molecular weight excluding hydrogens is 358 g/mol. The van der Waals surface area contributed by atoms with Gasteiger partial charge in [-0.1, -0.05) is 65.5 Å². The summed E-state index contributed by atoms with van der Waals surface area (Å²) in [6.07, 6.45) is 8.04. The lowest BCUT2D eigenvalue weighted by Gasteiger charge is -2.24.